The molecule has 3 aromatic rings. The van der Waals surface area contributed by atoms with E-state index in [-0.39, 0.29) is 32.9 Å². The van der Waals surface area contributed by atoms with Crippen molar-refractivity contribution in [2.45, 2.75) is 78.6 Å². The Labute approximate surface area is 243 Å². The summed E-state index contributed by atoms with van der Waals surface area (Å²) in [6.07, 6.45) is 0. The van der Waals surface area contributed by atoms with Crippen LogP contribution in [0.1, 0.15) is 110 Å². The lowest BCUT2D eigenvalue weighted by atomic mass is 9.87. The van der Waals surface area contributed by atoms with Crippen molar-refractivity contribution in [1.82, 2.24) is 0 Å². The summed E-state index contributed by atoms with van der Waals surface area (Å²) in [5, 5.41) is 0. The number of carbonyl (C=O) groups is 3. The van der Waals surface area contributed by atoms with Crippen LogP contribution in [0.15, 0.2) is 72.8 Å². The molecule has 0 saturated carbocycles. The molecule has 0 aromatic heterocycles. The first kappa shape index (κ1) is 31.1. The molecule has 210 valence electrons. The summed E-state index contributed by atoms with van der Waals surface area (Å²) < 4.78 is 16.5. The van der Waals surface area contributed by atoms with E-state index in [0.29, 0.717) is 0 Å². The van der Waals surface area contributed by atoms with Gasteiger partial charge in [-0.25, -0.2) is 14.4 Å². The molecule has 0 aliphatic heterocycles. The second kappa shape index (κ2) is 12.0. The Morgan fingerprint density at radius 1 is 0.425 bits per heavy atom. The summed E-state index contributed by atoms with van der Waals surface area (Å²) in [4.78, 5) is 39.0. The Hall–Kier alpha value is -3.40. The maximum Gasteiger partial charge on any atom is 1.20 e. The molecular weight excluding hydrogens is 519 g/mol. The first-order valence-corrected chi connectivity index (χ1v) is 14.8. The molecule has 0 fully saturated rings. The second-order valence-electron chi connectivity index (χ2n) is 13.0. The zero-order valence-corrected chi connectivity index (χ0v) is 26.1. The van der Waals surface area contributed by atoms with Crippen molar-refractivity contribution in [3.05, 3.63) is 106 Å². The number of carbonyl (C=O) groups excluding carboxylic acids is 3. The Bertz CT molecular complexity index is 1170. The Morgan fingerprint density at radius 2 is 0.625 bits per heavy atom. The summed E-state index contributed by atoms with van der Waals surface area (Å²) in [6.45, 7) is 18.7. The molecule has 6 nitrogen and oxygen atoms in total. The van der Waals surface area contributed by atoms with Crippen LogP contribution in [0.3, 0.4) is 0 Å². The number of benzene rings is 3. The number of hydrogen-bond acceptors (Lipinski definition) is 6. The summed E-state index contributed by atoms with van der Waals surface area (Å²) in [5.74, 6) is -2.20. The van der Waals surface area contributed by atoms with Gasteiger partial charge in [-0.1, -0.05) is 98.7 Å². The van der Waals surface area contributed by atoms with Crippen LogP contribution in [0.2, 0.25) is 0 Å². The molecule has 0 aliphatic rings. The second-order valence-corrected chi connectivity index (χ2v) is 14.3. The van der Waals surface area contributed by atoms with Crippen molar-refractivity contribution in [3.8, 4) is 0 Å². The van der Waals surface area contributed by atoms with Gasteiger partial charge in [-0.05, 0) is 69.3 Å². The SMILES string of the molecule is CC(C)(C)c1ccc(C(=O)[O][Al]([O]C(=O)c2ccc(C(C)(C)C)cc2)[O]C(=O)c2ccc(C(C)(C)C)cc2)cc1. The van der Waals surface area contributed by atoms with Gasteiger partial charge in [0.05, 0.1) is 16.7 Å². The van der Waals surface area contributed by atoms with Gasteiger partial charge in [0.2, 0.25) is 0 Å². The summed E-state index contributed by atoms with van der Waals surface area (Å²) in [7, 11) is 0. The van der Waals surface area contributed by atoms with Crippen LogP contribution in [0.5, 0.6) is 0 Å². The van der Waals surface area contributed by atoms with E-state index in [9.17, 15) is 14.4 Å². The molecule has 3 aromatic carbocycles. The van der Waals surface area contributed by atoms with Crippen LogP contribution < -0.4 is 0 Å². The van der Waals surface area contributed by atoms with Crippen LogP contribution in [0.4, 0.5) is 0 Å². The van der Waals surface area contributed by atoms with Gasteiger partial charge in [0.1, 0.15) is 0 Å². The standard InChI is InChI=1S/3C11H14O2.Al/c3*1-11(2,3)9-6-4-8(5-7-9)10(12)13;/h3*4-7H,1-3H3,(H,12,13);/q;;;+3/p-3. The van der Waals surface area contributed by atoms with Gasteiger partial charge in [-0.15, -0.1) is 0 Å². The zero-order valence-electron chi connectivity index (χ0n) is 25.0. The first-order valence-electron chi connectivity index (χ1n) is 13.4. The molecule has 40 heavy (non-hydrogen) atoms. The van der Waals surface area contributed by atoms with E-state index < -0.39 is 33.1 Å². The average Bonchev–Trinajstić information content (AvgIpc) is 2.87. The molecule has 7 heteroatoms. The highest BCUT2D eigenvalue weighted by molar-refractivity contribution is 6.45. The Kier molecular flexibility index (Phi) is 9.34. The van der Waals surface area contributed by atoms with Crippen LogP contribution in [0, 0.1) is 0 Å². The van der Waals surface area contributed by atoms with E-state index in [0.717, 1.165) is 16.7 Å². The van der Waals surface area contributed by atoms with Crippen molar-refractivity contribution in [2.24, 2.45) is 0 Å². The van der Waals surface area contributed by atoms with Crippen molar-refractivity contribution in [1.29, 1.82) is 0 Å². The smallest absolute Gasteiger partial charge is 0.547 e. The van der Waals surface area contributed by atoms with Crippen molar-refractivity contribution < 1.29 is 25.7 Å². The minimum atomic E-state index is -3.60. The average molecular weight is 559 g/mol. The first-order chi connectivity index (χ1) is 18.4. The number of rotatable bonds is 6. The lowest BCUT2D eigenvalue weighted by Gasteiger charge is -2.20. The summed E-state index contributed by atoms with van der Waals surface area (Å²) in [5.41, 5.74) is 3.68. The highest BCUT2D eigenvalue weighted by Gasteiger charge is 2.49. The molecule has 0 atom stereocenters. The summed E-state index contributed by atoms with van der Waals surface area (Å²) >= 11 is -3.60. The van der Waals surface area contributed by atoms with E-state index in [4.69, 9.17) is 11.4 Å². The van der Waals surface area contributed by atoms with E-state index in [1.165, 1.54) is 0 Å². The predicted molar refractivity (Wildman–Crippen MR) is 157 cm³/mol. The van der Waals surface area contributed by atoms with Crippen molar-refractivity contribution in [2.75, 3.05) is 0 Å². The molecule has 0 heterocycles. The van der Waals surface area contributed by atoms with Gasteiger partial charge in [0.25, 0.3) is 0 Å². The maximum atomic E-state index is 13.0. The highest BCUT2D eigenvalue weighted by atomic mass is 27.3. The van der Waals surface area contributed by atoms with Gasteiger partial charge >= 0.3 is 33.1 Å². The third-order valence-electron chi connectivity index (χ3n) is 6.57. The van der Waals surface area contributed by atoms with E-state index in [2.05, 4.69) is 62.3 Å². The minimum absolute atomic E-state index is 0.0874. The van der Waals surface area contributed by atoms with E-state index >= 15 is 0 Å². The lowest BCUT2D eigenvalue weighted by molar-refractivity contribution is 0.0410. The molecule has 0 saturated heterocycles. The molecule has 0 unspecified atom stereocenters. The van der Waals surface area contributed by atoms with Gasteiger partial charge in [0, 0.05) is 0 Å². The predicted octanol–water partition coefficient (Wildman–Crippen LogP) is 7.43. The normalized spacial score (nSPS) is 11.9. The van der Waals surface area contributed by atoms with Crippen LogP contribution in [0.25, 0.3) is 0 Å². The van der Waals surface area contributed by atoms with E-state index in [1.54, 1.807) is 36.4 Å². The fourth-order valence-electron chi connectivity index (χ4n) is 3.86. The largest absolute Gasteiger partial charge is 1.20 e. The Balaban J connectivity index is 1.82. The van der Waals surface area contributed by atoms with Crippen LogP contribution in [-0.4, -0.2) is 33.1 Å². The van der Waals surface area contributed by atoms with E-state index in [1.807, 2.05) is 36.4 Å². The molecule has 3 rings (SSSR count). The van der Waals surface area contributed by atoms with Gasteiger partial charge < -0.3 is 11.4 Å². The van der Waals surface area contributed by atoms with Gasteiger partial charge in [0.15, 0.2) is 0 Å². The molecule has 0 N–H and O–H groups in total. The molecule has 0 radical (unpaired) electrons. The maximum absolute atomic E-state index is 13.0. The molecule has 0 bridgehead atoms. The fraction of sp³-hybridized carbons (Fsp3) is 0.364. The van der Waals surface area contributed by atoms with Crippen LogP contribution in [-0.2, 0) is 27.6 Å². The van der Waals surface area contributed by atoms with Gasteiger partial charge in [-0.2, -0.15) is 0 Å². The number of hydrogen-bond donors (Lipinski definition) is 0. The van der Waals surface area contributed by atoms with Gasteiger partial charge in [-0.3, -0.25) is 0 Å². The molecule has 0 amide bonds. The zero-order chi connectivity index (χ0) is 29.9. The minimum Gasteiger partial charge on any atom is -0.547 e. The highest BCUT2D eigenvalue weighted by Crippen LogP contribution is 2.25. The molecule has 0 aliphatic carbocycles. The van der Waals surface area contributed by atoms with Crippen molar-refractivity contribution in [3.63, 3.8) is 0 Å². The third kappa shape index (κ3) is 8.30. The Morgan fingerprint density at radius 3 is 0.800 bits per heavy atom. The molecular formula is C33H39AlO6. The monoisotopic (exact) mass is 558 g/mol. The third-order valence-corrected chi connectivity index (χ3v) is 7.79. The van der Waals surface area contributed by atoms with Crippen LogP contribution >= 0.6 is 0 Å². The fourth-order valence-corrected chi connectivity index (χ4v) is 4.93. The topological polar surface area (TPSA) is 78.9 Å². The summed E-state index contributed by atoms with van der Waals surface area (Å²) in [6, 6.07) is 21.0. The van der Waals surface area contributed by atoms with Crippen molar-refractivity contribution >= 4 is 33.1 Å². The quantitative estimate of drug-likeness (QED) is 0.293. The lowest BCUT2D eigenvalue weighted by Crippen LogP contribution is -2.35. The molecule has 0 spiro atoms.